The molecule has 1 saturated carbocycles. The summed E-state index contributed by atoms with van der Waals surface area (Å²) in [7, 11) is 0. The maximum Gasteiger partial charge on any atom is 0.323 e. The van der Waals surface area contributed by atoms with Gasteiger partial charge in [-0.05, 0) is 12.3 Å². The summed E-state index contributed by atoms with van der Waals surface area (Å²) in [6, 6.07) is 0. The van der Waals surface area contributed by atoms with Crippen LogP contribution >= 0.6 is 0 Å². The normalized spacial score (nSPS) is 21.4. The van der Waals surface area contributed by atoms with Gasteiger partial charge in [-0.2, -0.15) is 0 Å². The number of nitrogens with zero attached hydrogens (tertiary/aromatic N) is 2. The lowest BCUT2D eigenvalue weighted by atomic mass is 9.87. The summed E-state index contributed by atoms with van der Waals surface area (Å²) in [5, 5.41) is 8.69. The number of carboxylic acid groups (broad SMARTS) is 1. The van der Waals surface area contributed by atoms with Gasteiger partial charge in [0.15, 0.2) is 0 Å². The number of piperazine rings is 1. The van der Waals surface area contributed by atoms with E-state index < -0.39 is 5.97 Å². The molecule has 0 spiro atoms. The van der Waals surface area contributed by atoms with Crippen LogP contribution in [0.15, 0.2) is 0 Å². The highest BCUT2D eigenvalue weighted by molar-refractivity contribution is 5.94. The minimum atomic E-state index is -1.08. The largest absolute Gasteiger partial charge is 0.480 e. The first-order valence-electron chi connectivity index (χ1n) is 7.33. The van der Waals surface area contributed by atoms with Gasteiger partial charge in [-0.25, -0.2) is 0 Å². The van der Waals surface area contributed by atoms with Crippen LogP contribution < -0.4 is 0 Å². The SMILES string of the molecule is O=C(O)CN1CC(=O)N(CCC2CCCCC2)CC1=O. The van der Waals surface area contributed by atoms with E-state index in [0.29, 0.717) is 12.5 Å². The second kappa shape index (κ2) is 6.72. The molecule has 20 heavy (non-hydrogen) atoms. The van der Waals surface area contributed by atoms with Gasteiger partial charge >= 0.3 is 5.97 Å². The van der Waals surface area contributed by atoms with Crippen LogP contribution in [0.25, 0.3) is 0 Å². The van der Waals surface area contributed by atoms with Crippen molar-refractivity contribution in [1.82, 2.24) is 9.80 Å². The number of amides is 2. The first-order chi connectivity index (χ1) is 9.56. The van der Waals surface area contributed by atoms with Crippen molar-refractivity contribution in [3.05, 3.63) is 0 Å². The molecule has 1 N–H and O–H groups in total. The monoisotopic (exact) mass is 282 g/mol. The van der Waals surface area contributed by atoms with Gasteiger partial charge in [-0.15, -0.1) is 0 Å². The first-order valence-corrected chi connectivity index (χ1v) is 7.33. The highest BCUT2D eigenvalue weighted by Crippen LogP contribution is 2.26. The van der Waals surface area contributed by atoms with Gasteiger partial charge in [-0.1, -0.05) is 32.1 Å². The molecule has 112 valence electrons. The van der Waals surface area contributed by atoms with Gasteiger partial charge in [0.2, 0.25) is 11.8 Å². The van der Waals surface area contributed by atoms with Crippen LogP contribution in [0.5, 0.6) is 0 Å². The van der Waals surface area contributed by atoms with Crippen molar-refractivity contribution >= 4 is 17.8 Å². The Labute approximate surface area is 118 Å². The summed E-state index contributed by atoms with van der Waals surface area (Å²) in [6.45, 7) is 0.159. The van der Waals surface area contributed by atoms with Gasteiger partial charge in [0, 0.05) is 6.54 Å². The van der Waals surface area contributed by atoms with Crippen LogP contribution in [0.3, 0.4) is 0 Å². The van der Waals surface area contributed by atoms with E-state index in [4.69, 9.17) is 5.11 Å². The molecule has 2 rings (SSSR count). The number of carbonyl (C=O) groups is 3. The average molecular weight is 282 g/mol. The molecule has 0 aromatic heterocycles. The van der Waals surface area contributed by atoms with Crippen LogP contribution in [-0.4, -0.2) is 58.9 Å². The highest BCUT2D eigenvalue weighted by atomic mass is 16.4. The third-order valence-corrected chi connectivity index (χ3v) is 4.22. The van der Waals surface area contributed by atoms with Gasteiger partial charge in [0.05, 0.1) is 6.54 Å². The van der Waals surface area contributed by atoms with Crippen molar-refractivity contribution in [2.75, 3.05) is 26.2 Å². The van der Waals surface area contributed by atoms with Crippen molar-refractivity contribution in [2.45, 2.75) is 38.5 Å². The summed E-state index contributed by atoms with van der Waals surface area (Å²) in [5.74, 6) is -0.817. The van der Waals surface area contributed by atoms with E-state index in [-0.39, 0.29) is 31.4 Å². The molecule has 2 aliphatic rings. The second-order valence-corrected chi connectivity index (χ2v) is 5.75. The number of hydrogen-bond acceptors (Lipinski definition) is 3. The van der Waals surface area contributed by atoms with Crippen LogP contribution in [0.4, 0.5) is 0 Å². The Balaban J connectivity index is 1.80. The molecule has 0 radical (unpaired) electrons. The van der Waals surface area contributed by atoms with E-state index in [1.807, 2.05) is 0 Å². The Hall–Kier alpha value is -1.59. The standard InChI is InChI=1S/C14H22N2O4/c17-12-9-16(10-14(19)20)13(18)8-15(12)7-6-11-4-2-1-3-5-11/h11H,1-10H2,(H,19,20). The summed E-state index contributed by atoms with van der Waals surface area (Å²) < 4.78 is 0. The zero-order valence-corrected chi connectivity index (χ0v) is 11.7. The summed E-state index contributed by atoms with van der Waals surface area (Å²) in [4.78, 5) is 37.1. The van der Waals surface area contributed by atoms with E-state index in [9.17, 15) is 14.4 Å². The fourth-order valence-corrected chi connectivity index (χ4v) is 3.03. The molecule has 2 fully saturated rings. The summed E-state index contributed by atoms with van der Waals surface area (Å²) in [5.41, 5.74) is 0. The molecular weight excluding hydrogens is 260 g/mol. The molecule has 1 saturated heterocycles. The first kappa shape index (κ1) is 14.8. The zero-order valence-electron chi connectivity index (χ0n) is 11.7. The Morgan fingerprint density at radius 2 is 1.65 bits per heavy atom. The maximum atomic E-state index is 11.9. The zero-order chi connectivity index (χ0) is 14.5. The highest BCUT2D eigenvalue weighted by Gasteiger charge is 2.31. The van der Waals surface area contributed by atoms with Crippen LogP contribution in [0.2, 0.25) is 0 Å². The molecule has 1 heterocycles. The third-order valence-electron chi connectivity index (χ3n) is 4.22. The minimum Gasteiger partial charge on any atom is -0.480 e. The topological polar surface area (TPSA) is 77.9 Å². The lowest BCUT2D eigenvalue weighted by molar-refractivity contribution is -0.154. The summed E-state index contributed by atoms with van der Waals surface area (Å²) >= 11 is 0. The lowest BCUT2D eigenvalue weighted by Crippen LogP contribution is -2.55. The second-order valence-electron chi connectivity index (χ2n) is 5.75. The van der Waals surface area contributed by atoms with Crippen molar-refractivity contribution < 1.29 is 19.5 Å². The fourth-order valence-electron chi connectivity index (χ4n) is 3.03. The van der Waals surface area contributed by atoms with Crippen molar-refractivity contribution in [2.24, 2.45) is 5.92 Å². The predicted octanol–water partition coefficient (Wildman–Crippen LogP) is 0.712. The van der Waals surface area contributed by atoms with Crippen LogP contribution in [0.1, 0.15) is 38.5 Å². The van der Waals surface area contributed by atoms with Crippen molar-refractivity contribution in [1.29, 1.82) is 0 Å². The quantitative estimate of drug-likeness (QED) is 0.805. The van der Waals surface area contributed by atoms with Crippen molar-refractivity contribution in [3.63, 3.8) is 0 Å². The number of hydrogen-bond donors (Lipinski definition) is 1. The smallest absolute Gasteiger partial charge is 0.323 e. The van der Waals surface area contributed by atoms with Crippen LogP contribution in [0, 0.1) is 5.92 Å². The van der Waals surface area contributed by atoms with Gasteiger partial charge in [0.1, 0.15) is 13.1 Å². The average Bonchev–Trinajstić information content (AvgIpc) is 2.41. The lowest BCUT2D eigenvalue weighted by Gasteiger charge is -2.34. The molecule has 1 aliphatic carbocycles. The third kappa shape index (κ3) is 3.95. The maximum absolute atomic E-state index is 11.9. The van der Waals surface area contributed by atoms with Crippen molar-refractivity contribution in [3.8, 4) is 0 Å². The van der Waals surface area contributed by atoms with E-state index in [0.717, 1.165) is 11.3 Å². The molecule has 0 bridgehead atoms. The molecule has 0 aromatic carbocycles. The molecule has 0 aromatic rings. The molecule has 2 amide bonds. The number of carbonyl (C=O) groups excluding carboxylic acids is 2. The number of carboxylic acids is 1. The van der Waals surface area contributed by atoms with E-state index in [1.165, 1.54) is 32.1 Å². The molecule has 0 unspecified atom stereocenters. The molecule has 1 aliphatic heterocycles. The minimum absolute atomic E-state index is 0.0266. The van der Waals surface area contributed by atoms with Gasteiger partial charge in [-0.3, -0.25) is 14.4 Å². The van der Waals surface area contributed by atoms with E-state index >= 15 is 0 Å². The molecule has 0 atom stereocenters. The van der Waals surface area contributed by atoms with Gasteiger partial charge in [0.25, 0.3) is 0 Å². The Morgan fingerprint density at radius 3 is 2.30 bits per heavy atom. The van der Waals surface area contributed by atoms with Gasteiger partial charge < -0.3 is 14.9 Å². The number of aliphatic carboxylic acids is 1. The van der Waals surface area contributed by atoms with E-state index in [1.54, 1.807) is 4.90 Å². The van der Waals surface area contributed by atoms with E-state index in [2.05, 4.69) is 0 Å². The Bertz CT molecular complexity index is 391. The fraction of sp³-hybridized carbons (Fsp3) is 0.786. The Morgan fingerprint density at radius 1 is 1.05 bits per heavy atom. The molecule has 6 nitrogen and oxygen atoms in total. The molecule has 6 heteroatoms. The Kier molecular flexibility index (Phi) is 4.98. The van der Waals surface area contributed by atoms with Crippen LogP contribution in [-0.2, 0) is 14.4 Å². The predicted molar refractivity (Wildman–Crippen MR) is 72.0 cm³/mol. The molecular formula is C14H22N2O4. The number of rotatable bonds is 5. The summed E-state index contributed by atoms with van der Waals surface area (Å²) in [6.07, 6.45) is 7.25.